The Balaban J connectivity index is 2.03. The van der Waals surface area contributed by atoms with Gasteiger partial charge >= 0.3 is 0 Å². The third kappa shape index (κ3) is 2.71. The van der Waals surface area contributed by atoms with Crippen LogP contribution >= 0.6 is 0 Å². The molecule has 5 atom stereocenters. The van der Waals surface area contributed by atoms with Crippen molar-refractivity contribution in [2.45, 2.75) is 65.0 Å². The zero-order chi connectivity index (χ0) is 13.3. The zero-order valence-electron chi connectivity index (χ0n) is 12.1. The SMILES string of the molecule is CC1CC(C)C(C(=O)N2CCCCC2C)CC1N. The lowest BCUT2D eigenvalue weighted by atomic mass is 9.72. The molecule has 1 amide bonds. The number of hydrogen-bond acceptors (Lipinski definition) is 2. The van der Waals surface area contributed by atoms with Crippen molar-refractivity contribution in [3.8, 4) is 0 Å². The van der Waals surface area contributed by atoms with Crippen LogP contribution in [0.3, 0.4) is 0 Å². The summed E-state index contributed by atoms with van der Waals surface area (Å²) in [4.78, 5) is 14.8. The van der Waals surface area contributed by atoms with Gasteiger partial charge in [0.2, 0.25) is 5.91 Å². The van der Waals surface area contributed by atoms with E-state index in [1.54, 1.807) is 0 Å². The van der Waals surface area contributed by atoms with E-state index < -0.39 is 0 Å². The van der Waals surface area contributed by atoms with Crippen LogP contribution in [0.15, 0.2) is 0 Å². The van der Waals surface area contributed by atoms with E-state index in [0.717, 1.165) is 25.8 Å². The predicted molar refractivity (Wildman–Crippen MR) is 74.1 cm³/mol. The van der Waals surface area contributed by atoms with Gasteiger partial charge in [-0.1, -0.05) is 13.8 Å². The molecule has 2 rings (SSSR count). The highest BCUT2D eigenvalue weighted by molar-refractivity contribution is 5.79. The van der Waals surface area contributed by atoms with Crippen molar-refractivity contribution in [3.63, 3.8) is 0 Å². The van der Waals surface area contributed by atoms with Gasteiger partial charge in [-0.2, -0.15) is 0 Å². The number of hydrogen-bond donors (Lipinski definition) is 1. The second kappa shape index (κ2) is 5.60. The van der Waals surface area contributed by atoms with Crippen LogP contribution in [0.2, 0.25) is 0 Å². The van der Waals surface area contributed by atoms with Gasteiger partial charge in [0.05, 0.1) is 0 Å². The summed E-state index contributed by atoms with van der Waals surface area (Å²) in [7, 11) is 0. The molecule has 3 nitrogen and oxygen atoms in total. The van der Waals surface area contributed by atoms with Gasteiger partial charge in [0, 0.05) is 24.5 Å². The van der Waals surface area contributed by atoms with Gasteiger partial charge in [-0.25, -0.2) is 0 Å². The van der Waals surface area contributed by atoms with Crippen molar-refractivity contribution in [3.05, 3.63) is 0 Å². The molecule has 1 saturated carbocycles. The Labute approximate surface area is 111 Å². The van der Waals surface area contributed by atoms with Crippen molar-refractivity contribution in [2.75, 3.05) is 6.54 Å². The Morgan fingerprint density at radius 2 is 1.83 bits per heavy atom. The zero-order valence-corrected chi connectivity index (χ0v) is 12.1. The van der Waals surface area contributed by atoms with E-state index in [4.69, 9.17) is 5.73 Å². The van der Waals surface area contributed by atoms with E-state index in [9.17, 15) is 4.79 Å². The summed E-state index contributed by atoms with van der Waals surface area (Å²) in [6, 6.07) is 0.629. The molecule has 2 fully saturated rings. The molecular weight excluding hydrogens is 224 g/mol. The number of nitrogens with zero attached hydrogens (tertiary/aromatic N) is 1. The fraction of sp³-hybridized carbons (Fsp3) is 0.933. The van der Waals surface area contributed by atoms with E-state index in [1.165, 1.54) is 12.8 Å². The van der Waals surface area contributed by atoms with Crippen LogP contribution < -0.4 is 5.73 Å². The minimum absolute atomic E-state index is 0.164. The van der Waals surface area contributed by atoms with E-state index in [0.29, 0.717) is 23.8 Å². The van der Waals surface area contributed by atoms with Crippen LogP contribution in [-0.2, 0) is 4.79 Å². The summed E-state index contributed by atoms with van der Waals surface area (Å²) in [5.74, 6) is 1.58. The Kier molecular flexibility index (Phi) is 4.31. The summed E-state index contributed by atoms with van der Waals surface area (Å²) < 4.78 is 0. The molecule has 0 aromatic heterocycles. The van der Waals surface area contributed by atoms with Crippen LogP contribution in [0, 0.1) is 17.8 Å². The average molecular weight is 252 g/mol. The monoisotopic (exact) mass is 252 g/mol. The van der Waals surface area contributed by atoms with Crippen molar-refractivity contribution in [2.24, 2.45) is 23.5 Å². The molecule has 2 N–H and O–H groups in total. The number of carbonyl (C=O) groups excluding carboxylic acids is 1. The molecule has 0 radical (unpaired) electrons. The van der Waals surface area contributed by atoms with Crippen LogP contribution in [0.4, 0.5) is 0 Å². The summed E-state index contributed by atoms with van der Waals surface area (Å²) >= 11 is 0. The molecule has 104 valence electrons. The Bertz CT molecular complexity index is 305. The molecule has 3 heteroatoms. The number of likely N-dealkylation sites (tertiary alicyclic amines) is 1. The maximum atomic E-state index is 12.7. The fourth-order valence-electron chi connectivity index (χ4n) is 3.67. The molecule has 1 saturated heterocycles. The molecule has 0 bridgehead atoms. The first-order valence-corrected chi connectivity index (χ1v) is 7.56. The minimum atomic E-state index is 0.164. The highest BCUT2D eigenvalue weighted by atomic mass is 16.2. The van der Waals surface area contributed by atoms with E-state index in [1.807, 2.05) is 0 Å². The second-order valence-electron chi connectivity index (χ2n) is 6.57. The average Bonchev–Trinajstić information content (AvgIpc) is 2.33. The van der Waals surface area contributed by atoms with E-state index >= 15 is 0 Å². The van der Waals surface area contributed by atoms with Gasteiger partial charge < -0.3 is 10.6 Å². The van der Waals surface area contributed by atoms with Crippen molar-refractivity contribution in [1.82, 2.24) is 4.90 Å². The first-order chi connectivity index (χ1) is 8.50. The third-order valence-electron chi connectivity index (χ3n) is 5.09. The number of piperidine rings is 1. The Hall–Kier alpha value is -0.570. The molecular formula is C15H28N2O. The lowest BCUT2D eigenvalue weighted by Crippen LogP contribution is -2.50. The smallest absolute Gasteiger partial charge is 0.226 e. The first kappa shape index (κ1) is 13.9. The number of amides is 1. The van der Waals surface area contributed by atoms with Crippen LogP contribution in [-0.4, -0.2) is 29.4 Å². The quantitative estimate of drug-likeness (QED) is 0.779. The molecule has 5 unspecified atom stereocenters. The maximum absolute atomic E-state index is 12.7. The highest BCUT2D eigenvalue weighted by Gasteiger charge is 2.38. The van der Waals surface area contributed by atoms with Gasteiger partial charge in [-0.05, 0) is 50.9 Å². The fourth-order valence-corrected chi connectivity index (χ4v) is 3.67. The van der Waals surface area contributed by atoms with Gasteiger partial charge in [0.25, 0.3) is 0 Å². The summed E-state index contributed by atoms with van der Waals surface area (Å²) in [5.41, 5.74) is 6.16. The first-order valence-electron chi connectivity index (χ1n) is 7.56. The van der Waals surface area contributed by atoms with Crippen LogP contribution in [0.5, 0.6) is 0 Å². The topological polar surface area (TPSA) is 46.3 Å². The van der Waals surface area contributed by atoms with Crippen molar-refractivity contribution in [1.29, 1.82) is 0 Å². The van der Waals surface area contributed by atoms with Gasteiger partial charge in [0.1, 0.15) is 0 Å². The number of rotatable bonds is 1. The molecule has 2 aliphatic rings. The summed E-state index contributed by atoms with van der Waals surface area (Å²) in [5, 5.41) is 0. The molecule has 0 aromatic carbocycles. The standard InChI is InChI=1S/C15H28N2O/c1-10-8-11(2)14(16)9-13(10)15(18)17-7-5-4-6-12(17)3/h10-14H,4-9,16H2,1-3H3. The third-order valence-corrected chi connectivity index (χ3v) is 5.09. The van der Waals surface area contributed by atoms with Crippen LogP contribution in [0.1, 0.15) is 52.9 Å². The predicted octanol–water partition coefficient (Wildman–Crippen LogP) is 2.40. The number of carbonyl (C=O) groups is 1. The largest absolute Gasteiger partial charge is 0.340 e. The van der Waals surface area contributed by atoms with Crippen LogP contribution in [0.25, 0.3) is 0 Å². The molecule has 18 heavy (non-hydrogen) atoms. The lowest BCUT2D eigenvalue weighted by molar-refractivity contribution is -0.142. The Morgan fingerprint density at radius 1 is 1.11 bits per heavy atom. The molecule has 0 aromatic rings. The molecule has 1 aliphatic carbocycles. The van der Waals surface area contributed by atoms with Crippen molar-refractivity contribution >= 4 is 5.91 Å². The lowest BCUT2D eigenvalue weighted by Gasteiger charge is -2.41. The Morgan fingerprint density at radius 3 is 2.50 bits per heavy atom. The second-order valence-corrected chi connectivity index (χ2v) is 6.57. The highest BCUT2D eigenvalue weighted by Crippen LogP contribution is 2.35. The van der Waals surface area contributed by atoms with E-state index in [-0.39, 0.29) is 12.0 Å². The van der Waals surface area contributed by atoms with Gasteiger partial charge in [0.15, 0.2) is 0 Å². The minimum Gasteiger partial charge on any atom is -0.340 e. The molecule has 1 heterocycles. The van der Waals surface area contributed by atoms with Gasteiger partial charge in [-0.15, -0.1) is 0 Å². The van der Waals surface area contributed by atoms with Crippen molar-refractivity contribution < 1.29 is 4.79 Å². The molecule has 0 spiro atoms. The maximum Gasteiger partial charge on any atom is 0.226 e. The molecule has 1 aliphatic heterocycles. The van der Waals surface area contributed by atoms with Gasteiger partial charge in [-0.3, -0.25) is 4.79 Å². The summed E-state index contributed by atoms with van der Waals surface area (Å²) in [6.07, 6.45) is 5.57. The van der Waals surface area contributed by atoms with E-state index in [2.05, 4.69) is 25.7 Å². The normalized spacial score (nSPS) is 41.8. The number of nitrogens with two attached hydrogens (primary N) is 1. The summed E-state index contributed by atoms with van der Waals surface area (Å²) in [6.45, 7) is 7.58.